The lowest BCUT2D eigenvalue weighted by molar-refractivity contribution is 0.356. The number of hydrogen-bond acceptors (Lipinski definition) is 2. The average molecular weight is 170 g/mol. The van der Waals surface area contributed by atoms with Gasteiger partial charge in [-0.05, 0) is 19.4 Å². The van der Waals surface area contributed by atoms with Crippen LogP contribution in [0.5, 0.6) is 0 Å². The van der Waals surface area contributed by atoms with Gasteiger partial charge < -0.3 is 0 Å². The molecule has 0 radical (unpaired) electrons. The molecule has 0 saturated carbocycles. The van der Waals surface area contributed by atoms with Crippen LogP contribution in [0.15, 0.2) is 12.4 Å². The fourth-order valence-corrected chi connectivity index (χ4v) is 0.608. The summed E-state index contributed by atoms with van der Waals surface area (Å²) in [6, 6.07) is 0. The van der Waals surface area contributed by atoms with E-state index in [1.165, 1.54) is 6.92 Å². The topological polar surface area (TPSA) is 25.8 Å². The molecule has 1 heterocycles. The van der Waals surface area contributed by atoms with E-state index in [1.807, 2.05) is 20.8 Å². The fraction of sp³-hybridized carbons (Fsp3) is 0.556. The highest BCUT2D eigenvalue weighted by Crippen LogP contribution is 2.09. The van der Waals surface area contributed by atoms with Gasteiger partial charge in [0.05, 0.1) is 0 Å². The summed E-state index contributed by atoms with van der Waals surface area (Å²) in [5.41, 5.74) is 0.949. The average Bonchev–Trinajstić information content (AvgIpc) is 2.09. The monoisotopic (exact) mass is 170 g/mol. The van der Waals surface area contributed by atoms with Crippen molar-refractivity contribution in [3.8, 4) is 0 Å². The maximum absolute atomic E-state index is 12.4. The van der Waals surface area contributed by atoms with Gasteiger partial charge in [0.25, 0.3) is 0 Å². The lowest BCUT2D eigenvalue weighted by atomic mass is 10.3. The molecule has 0 N–H and O–H groups in total. The Kier molecular flexibility index (Phi) is 5.17. The number of nitrogens with zero attached hydrogens (tertiary/aromatic N) is 2. The van der Waals surface area contributed by atoms with Gasteiger partial charge in [-0.2, -0.15) is 0 Å². The molecule has 0 spiro atoms. The van der Waals surface area contributed by atoms with Crippen molar-refractivity contribution in [1.82, 2.24) is 9.97 Å². The van der Waals surface area contributed by atoms with Gasteiger partial charge in [-0.25, -0.2) is 14.4 Å². The zero-order valence-corrected chi connectivity index (χ0v) is 8.00. The van der Waals surface area contributed by atoms with Crippen LogP contribution in [0.25, 0.3) is 0 Å². The molecule has 1 atom stereocenters. The summed E-state index contributed by atoms with van der Waals surface area (Å²) in [6.07, 6.45) is 2.15. The summed E-state index contributed by atoms with van der Waals surface area (Å²) in [5, 5.41) is 0. The van der Waals surface area contributed by atoms with Crippen LogP contribution in [-0.4, -0.2) is 9.97 Å². The van der Waals surface area contributed by atoms with Crippen molar-refractivity contribution in [2.75, 3.05) is 0 Å². The second-order valence-electron chi connectivity index (χ2n) is 2.23. The number of halogens is 1. The Balaban J connectivity index is 0.000000561. The van der Waals surface area contributed by atoms with Crippen molar-refractivity contribution < 1.29 is 4.39 Å². The van der Waals surface area contributed by atoms with Crippen LogP contribution < -0.4 is 0 Å². The van der Waals surface area contributed by atoms with Gasteiger partial charge in [0.2, 0.25) is 0 Å². The molecule has 0 aliphatic carbocycles. The minimum Gasteiger partial charge on any atom is -0.239 e. The van der Waals surface area contributed by atoms with Crippen molar-refractivity contribution >= 4 is 0 Å². The van der Waals surface area contributed by atoms with Gasteiger partial charge in [-0.3, -0.25) is 0 Å². The van der Waals surface area contributed by atoms with Crippen molar-refractivity contribution in [2.24, 2.45) is 0 Å². The molecular formula is C9H15FN2. The van der Waals surface area contributed by atoms with Gasteiger partial charge in [-0.15, -0.1) is 0 Å². The molecule has 1 rings (SSSR count). The van der Waals surface area contributed by atoms with E-state index in [1.54, 1.807) is 12.4 Å². The highest BCUT2D eigenvalue weighted by atomic mass is 19.1. The molecule has 3 heteroatoms. The molecule has 68 valence electrons. The Morgan fingerprint density at radius 3 is 2.00 bits per heavy atom. The SMILES string of the molecule is CC.Cc1cnc(C(C)F)nc1. The Morgan fingerprint density at radius 1 is 1.25 bits per heavy atom. The highest BCUT2D eigenvalue weighted by molar-refractivity contribution is 5.02. The molecular weight excluding hydrogens is 155 g/mol. The van der Waals surface area contributed by atoms with Crippen molar-refractivity contribution in [2.45, 2.75) is 33.9 Å². The summed E-state index contributed by atoms with van der Waals surface area (Å²) in [7, 11) is 0. The fourth-order valence-electron chi connectivity index (χ4n) is 0.608. The summed E-state index contributed by atoms with van der Waals surface area (Å²) < 4.78 is 12.4. The summed E-state index contributed by atoms with van der Waals surface area (Å²) in [4.78, 5) is 7.58. The zero-order valence-electron chi connectivity index (χ0n) is 8.00. The predicted molar refractivity (Wildman–Crippen MR) is 47.6 cm³/mol. The van der Waals surface area contributed by atoms with Crippen LogP contribution in [-0.2, 0) is 0 Å². The van der Waals surface area contributed by atoms with Crippen LogP contribution in [0.4, 0.5) is 4.39 Å². The Labute approximate surface area is 72.9 Å². The first-order valence-corrected chi connectivity index (χ1v) is 4.13. The van der Waals surface area contributed by atoms with Crippen molar-refractivity contribution in [3.05, 3.63) is 23.8 Å². The van der Waals surface area contributed by atoms with Crippen LogP contribution in [0, 0.1) is 6.92 Å². The van der Waals surface area contributed by atoms with E-state index in [-0.39, 0.29) is 5.82 Å². The summed E-state index contributed by atoms with van der Waals surface area (Å²) in [6.45, 7) is 7.29. The quantitative estimate of drug-likeness (QED) is 0.647. The first-order chi connectivity index (χ1) is 5.70. The van der Waals surface area contributed by atoms with E-state index in [0.717, 1.165) is 5.56 Å². The molecule has 0 aliphatic heterocycles. The maximum atomic E-state index is 12.4. The number of aryl methyl sites for hydroxylation is 1. The highest BCUT2D eigenvalue weighted by Gasteiger charge is 2.03. The molecule has 0 aliphatic rings. The lowest BCUT2D eigenvalue weighted by Gasteiger charge is -1.98. The molecule has 12 heavy (non-hydrogen) atoms. The number of hydrogen-bond donors (Lipinski definition) is 0. The summed E-state index contributed by atoms with van der Waals surface area (Å²) >= 11 is 0. The van der Waals surface area contributed by atoms with E-state index in [9.17, 15) is 4.39 Å². The molecule has 2 nitrogen and oxygen atoms in total. The maximum Gasteiger partial charge on any atom is 0.162 e. The first-order valence-electron chi connectivity index (χ1n) is 4.13. The van der Waals surface area contributed by atoms with Crippen LogP contribution in [0.1, 0.15) is 38.3 Å². The van der Waals surface area contributed by atoms with Crippen molar-refractivity contribution in [3.63, 3.8) is 0 Å². The molecule has 0 aromatic carbocycles. The molecule has 1 aromatic heterocycles. The van der Waals surface area contributed by atoms with Crippen molar-refractivity contribution in [1.29, 1.82) is 0 Å². The van der Waals surface area contributed by atoms with E-state index in [4.69, 9.17) is 0 Å². The molecule has 0 bridgehead atoms. The summed E-state index contributed by atoms with van der Waals surface area (Å²) in [5.74, 6) is 0.255. The number of aromatic nitrogens is 2. The minimum atomic E-state index is -1.07. The Bertz CT molecular complexity index is 206. The van der Waals surface area contributed by atoms with Crippen LogP contribution in [0.2, 0.25) is 0 Å². The van der Waals surface area contributed by atoms with Crippen LogP contribution >= 0.6 is 0 Å². The Hall–Kier alpha value is -0.990. The number of rotatable bonds is 1. The van der Waals surface area contributed by atoms with Gasteiger partial charge in [0, 0.05) is 12.4 Å². The van der Waals surface area contributed by atoms with E-state index >= 15 is 0 Å². The third-order valence-electron chi connectivity index (χ3n) is 1.16. The standard InChI is InChI=1S/C7H9FN2.C2H6/c1-5-3-9-7(6(2)8)10-4-5;1-2/h3-4,6H,1-2H3;1-2H3. The van der Waals surface area contributed by atoms with Gasteiger partial charge in [0.1, 0.15) is 0 Å². The second kappa shape index (κ2) is 5.63. The van der Waals surface area contributed by atoms with E-state index in [0.29, 0.717) is 0 Å². The first kappa shape index (κ1) is 11.0. The zero-order chi connectivity index (χ0) is 9.56. The number of alkyl halides is 1. The molecule has 0 amide bonds. The lowest BCUT2D eigenvalue weighted by Crippen LogP contribution is -1.94. The van der Waals surface area contributed by atoms with E-state index in [2.05, 4.69) is 9.97 Å². The second-order valence-corrected chi connectivity index (χ2v) is 2.23. The largest absolute Gasteiger partial charge is 0.239 e. The van der Waals surface area contributed by atoms with Gasteiger partial charge >= 0.3 is 0 Å². The van der Waals surface area contributed by atoms with Crippen LogP contribution in [0.3, 0.4) is 0 Å². The molecule has 0 fully saturated rings. The van der Waals surface area contributed by atoms with Gasteiger partial charge in [-0.1, -0.05) is 13.8 Å². The molecule has 1 unspecified atom stereocenters. The van der Waals surface area contributed by atoms with Gasteiger partial charge in [0.15, 0.2) is 12.0 Å². The Morgan fingerprint density at radius 2 is 1.67 bits per heavy atom. The third kappa shape index (κ3) is 3.42. The molecule has 0 saturated heterocycles. The predicted octanol–water partition coefficient (Wildman–Crippen LogP) is 2.84. The smallest absolute Gasteiger partial charge is 0.162 e. The third-order valence-corrected chi connectivity index (χ3v) is 1.16. The normalized spacial score (nSPS) is 11.4. The minimum absolute atomic E-state index is 0.255. The van der Waals surface area contributed by atoms with E-state index < -0.39 is 6.17 Å². The molecule has 1 aromatic rings.